The molecule has 7 nitrogen and oxygen atoms in total. The summed E-state index contributed by atoms with van der Waals surface area (Å²) in [5, 5.41) is 8.68. The third-order valence-electron chi connectivity index (χ3n) is 4.44. The number of aromatic nitrogens is 5. The van der Waals surface area contributed by atoms with Gasteiger partial charge >= 0.3 is 0 Å². The zero-order chi connectivity index (χ0) is 19.5. The predicted octanol–water partition coefficient (Wildman–Crippen LogP) is 4.27. The Morgan fingerprint density at radius 3 is 2.75 bits per heavy atom. The van der Waals surface area contributed by atoms with Gasteiger partial charge in [-0.15, -0.1) is 0 Å². The predicted molar refractivity (Wildman–Crippen MR) is 111 cm³/mol. The minimum atomic E-state index is 0.0533. The summed E-state index contributed by atoms with van der Waals surface area (Å²) in [4.78, 5) is 12.8. The number of hydrogen-bond donors (Lipinski definition) is 1. The monoisotopic (exact) mass is 438 g/mol. The molecule has 0 fully saturated rings. The minimum Gasteiger partial charge on any atom is -0.489 e. The normalized spacial score (nSPS) is 12.1. The Kier molecular flexibility index (Phi) is 5.21. The maximum Gasteiger partial charge on any atom is 0.164 e. The van der Waals surface area contributed by atoms with E-state index in [4.69, 9.17) is 4.74 Å². The molecule has 0 bridgehead atoms. The second-order valence-corrected chi connectivity index (χ2v) is 7.17. The lowest BCUT2D eigenvalue weighted by molar-refractivity contribution is 0.305. The van der Waals surface area contributed by atoms with Crippen LogP contribution in [0.2, 0.25) is 0 Å². The maximum atomic E-state index is 5.82. The van der Waals surface area contributed by atoms with Gasteiger partial charge in [0.1, 0.15) is 29.1 Å². The van der Waals surface area contributed by atoms with E-state index in [0.717, 1.165) is 38.3 Å². The fourth-order valence-corrected chi connectivity index (χ4v) is 3.54. The summed E-state index contributed by atoms with van der Waals surface area (Å²) in [6.45, 7) is 2.58. The van der Waals surface area contributed by atoms with E-state index in [9.17, 15) is 0 Å². The number of nitrogens with zero attached hydrogens (tertiary/aromatic N) is 5. The number of ether oxygens (including phenoxy) is 1. The smallest absolute Gasteiger partial charge is 0.164 e. The van der Waals surface area contributed by atoms with Crippen molar-refractivity contribution in [1.82, 2.24) is 24.7 Å². The number of pyridine rings is 1. The Morgan fingerprint density at radius 2 is 2.00 bits per heavy atom. The Balaban J connectivity index is 1.46. The molecule has 8 heteroatoms. The first-order valence-corrected chi connectivity index (χ1v) is 9.62. The summed E-state index contributed by atoms with van der Waals surface area (Å²) in [6.07, 6.45) is 5.10. The van der Waals surface area contributed by atoms with Crippen LogP contribution in [-0.4, -0.2) is 24.7 Å². The van der Waals surface area contributed by atoms with Gasteiger partial charge in [-0.05, 0) is 46.6 Å². The molecular formula is C20H19BrN6O. The van der Waals surface area contributed by atoms with Crippen LogP contribution in [0.3, 0.4) is 0 Å². The van der Waals surface area contributed by atoms with Gasteiger partial charge in [0.05, 0.1) is 5.39 Å². The second-order valence-electron chi connectivity index (χ2n) is 6.42. The molecule has 3 heterocycles. The summed E-state index contributed by atoms with van der Waals surface area (Å²) in [7, 11) is 1.86. The fraction of sp³-hybridized carbons (Fsp3) is 0.200. The van der Waals surface area contributed by atoms with E-state index in [1.807, 2.05) is 43.4 Å². The lowest BCUT2D eigenvalue weighted by Gasteiger charge is -2.16. The summed E-state index contributed by atoms with van der Waals surface area (Å²) < 4.78 is 8.27. The highest BCUT2D eigenvalue weighted by Crippen LogP contribution is 2.29. The number of aryl methyl sites for hydroxylation is 1. The van der Waals surface area contributed by atoms with E-state index in [2.05, 4.69) is 48.2 Å². The van der Waals surface area contributed by atoms with Gasteiger partial charge in [-0.3, -0.25) is 4.98 Å². The molecule has 0 aliphatic carbocycles. The molecular weight excluding hydrogens is 420 g/mol. The highest BCUT2D eigenvalue weighted by Gasteiger charge is 2.15. The average molecular weight is 439 g/mol. The van der Waals surface area contributed by atoms with Gasteiger partial charge in [-0.25, -0.2) is 14.6 Å². The van der Waals surface area contributed by atoms with Crippen molar-refractivity contribution < 1.29 is 4.74 Å². The first-order chi connectivity index (χ1) is 13.6. The van der Waals surface area contributed by atoms with E-state index in [0.29, 0.717) is 6.61 Å². The first-order valence-electron chi connectivity index (χ1n) is 8.83. The zero-order valence-electron chi connectivity index (χ0n) is 15.5. The lowest BCUT2D eigenvalue weighted by atomic mass is 10.1. The maximum absolute atomic E-state index is 5.82. The van der Waals surface area contributed by atoms with Gasteiger partial charge in [-0.2, -0.15) is 5.10 Å². The standard InChI is InChI=1S/C20H19BrN6O/c1-13(25-19-17-18(21)26-27(2)20(17)24-12-23-19)15-5-7-16(8-6-15)28-11-14-4-3-9-22-10-14/h3-10,12-13H,11H2,1-2H3,(H,23,24,25). The molecule has 28 heavy (non-hydrogen) atoms. The molecule has 4 rings (SSSR count). The summed E-state index contributed by atoms with van der Waals surface area (Å²) >= 11 is 3.49. The number of hydrogen-bond acceptors (Lipinski definition) is 6. The second kappa shape index (κ2) is 7.93. The van der Waals surface area contributed by atoms with Crippen molar-refractivity contribution >= 4 is 32.8 Å². The van der Waals surface area contributed by atoms with Crippen LogP contribution < -0.4 is 10.1 Å². The van der Waals surface area contributed by atoms with Crippen LogP contribution in [0.1, 0.15) is 24.1 Å². The molecule has 3 aromatic heterocycles. The Labute approximate surface area is 170 Å². The number of benzene rings is 1. The number of halogens is 1. The molecule has 0 aliphatic heterocycles. The third kappa shape index (κ3) is 3.82. The third-order valence-corrected chi connectivity index (χ3v) is 4.99. The Morgan fingerprint density at radius 1 is 1.18 bits per heavy atom. The Bertz CT molecular complexity index is 1080. The summed E-state index contributed by atoms with van der Waals surface area (Å²) in [6, 6.07) is 12.0. The van der Waals surface area contributed by atoms with Crippen LogP contribution in [0.4, 0.5) is 5.82 Å². The van der Waals surface area contributed by atoms with Gasteiger partial charge in [0.2, 0.25) is 0 Å². The van der Waals surface area contributed by atoms with Crippen molar-refractivity contribution in [3.8, 4) is 5.75 Å². The van der Waals surface area contributed by atoms with E-state index in [1.54, 1.807) is 23.4 Å². The highest BCUT2D eigenvalue weighted by atomic mass is 79.9. The quantitative estimate of drug-likeness (QED) is 0.484. The van der Waals surface area contributed by atoms with Crippen LogP contribution >= 0.6 is 15.9 Å². The SMILES string of the molecule is CC(Nc1ncnc2c1c(Br)nn2C)c1ccc(OCc2cccnc2)cc1. The van der Waals surface area contributed by atoms with Crippen molar-refractivity contribution in [2.24, 2.45) is 7.05 Å². The molecule has 0 spiro atoms. The Hall–Kier alpha value is -3.00. The molecule has 1 aromatic carbocycles. The molecule has 1 N–H and O–H groups in total. The molecule has 142 valence electrons. The van der Waals surface area contributed by atoms with Crippen LogP contribution in [0.5, 0.6) is 5.75 Å². The highest BCUT2D eigenvalue weighted by molar-refractivity contribution is 9.10. The van der Waals surface area contributed by atoms with Gasteiger partial charge in [0.15, 0.2) is 5.65 Å². The van der Waals surface area contributed by atoms with Gasteiger partial charge < -0.3 is 10.1 Å². The van der Waals surface area contributed by atoms with Crippen molar-refractivity contribution in [3.63, 3.8) is 0 Å². The zero-order valence-corrected chi connectivity index (χ0v) is 17.1. The number of anilines is 1. The van der Waals surface area contributed by atoms with Crippen LogP contribution in [0.25, 0.3) is 11.0 Å². The van der Waals surface area contributed by atoms with E-state index in [-0.39, 0.29) is 6.04 Å². The topological polar surface area (TPSA) is 77.8 Å². The van der Waals surface area contributed by atoms with Gasteiger partial charge in [-0.1, -0.05) is 18.2 Å². The molecule has 0 amide bonds. The van der Waals surface area contributed by atoms with Crippen LogP contribution in [0.15, 0.2) is 59.7 Å². The van der Waals surface area contributed by atoms with Crippen LogP contribution in [-0.2, 0) is 13.7 Å². The molecule has 0 aliphatic rings. The van der Waals surface area contributed by atoms with Gasteiger partial charge in [0.25, 0.3) is 0 Å². The van der Waals surface area contributed by atoms with Crippen LogP contribution in [0, 0.1) is 0 Å². The average Bonchev–Trinajstić information content (AvgIpc) is 3.02. The fourth-order valence-electron chi connectivity index (χ4n) is 2.94. The number of rotatable bonds is 6. The molecule has 0 radical (unpaired) electrons. The largest absolute Gasteiger partial charge is 0.489 e. The molecule has 1 unspecified atom stereocenters. The molecule has 1 atom stereocenters. The van der Waals surface area contributed by atoms with Crippen molar-refractivity contribution in [2.75, 3.05) is 5.32 Å². The van der Waals surface area contributed by atoms with E-state index < -0.39 is 0 Å². The lowest BCUT2D eigenvalue weighted by Crippen LogP contribution is -2.08. The summed E-state index contributed by atoms with van der Waals surface area (Å²) in [5.74, 6) is 1.56. The van der Waals surface area contributed by atoms with E-state index in [1.165, 1.54) is 0 Å². The molecule has 0 saturated carbocycles. The van der Waals surface area contributed by atoms with Gasteiger partial charge in [0, 0.05) is 31.0 Å². The van der Waals surface area contributed by atoms with Crippen molar-refractivity contribution in [1.29, 1.82) is 0 Å². The molecule has 4 aromatic rings. The number of fused-ring (bicyclic) bond motifs is 1. The summed E-state index contributed by atoms with van der Waals surface area (Å²) in [5.41, 5.74) is 2.94. The van der Waals surface area contributed by atoms with Crippen molar-refractivity contribution in [3.05, 3.63) is 70.8 Å². The first kappa shape index (κ1) is 18.4. The van der Waals surface area contributed by atoms with Crippen molar-refractivity contribution in [2.45, 2.75) is 19.6 Å². The number of nitrogens with one attached hydrogen (secondary N) is 1. The minimum absolute atomic E-state index is 0.0533. The molecule has 0 saturated heterocycles. The van der Waals surface area contributed by atoms with E-state index >= 15 is 0 Å².